The zero-order valence-corrected chi connectivity index (χ0v) is 11.1. The largest absolute Gasteiger partial charge is 0.508 e. The van der Waals surface area contributed by atoms with E-state index in [0.717, 1.165) is 25.9 Å². The monoisotopic (exact) mass is 250 g/mol. The summed E-state index contributed by atoms with van der Waals surface area (Å²) in [7, 11) is 0. The van der Waals surface area contributed by atoms with Gasteiger partial charge in [0.15, 0.2) is 0 Å². The number of amides is 1. The third-order valence-corrected chi connectivity index (χ3v) is 2.60. The number of carbonyl (C=O) groups excluding carboxylic acids is 1. The molecule has 1 rings (SSSR count). The number of hydrogen-bond donors (Lipinski definition) is 2. The Morgan fingerprint density at radius 3 is 2.22 bits per heavy atom. The maximum atomic E-state index is 11.8. The summed E-state index contributed by atoms with van der Waals surface area (Å²) < 4.78 is 0. The van der Waals surface area contributed by atoms with Crippen LogP contribution in [-0.4, -0.2) is 35.5 Å². The average molecular weight is 250 g/mol. The van der Waals surface area contributed by atoms with Crippen LogP contribution in [0.1, 0.15) is 26.7 Å². The Morgan fingerprint density at radius 1 is 1.17 bits per heavy atom. The molecule has 100 valence electrons. The van der Waals surface area contributed by atoms with E-state index in [0.29, 0.717) is 12.2 Å². The highest BCUT2D eigenvalue weighted by molar-refractivity contribution is 5.92. The molecule has 0 bridgehead atoms. The molecule has 0 unspecified atom stereocenters. The lowest BCUT2D eigenvalue weighted by molar-refractivity contribution is -0.117. The van der Waals surface area contributed by atoms with Crippen molar-refractivity contribution in [2.45, 2.75) is 26.7 Å². The maximum Gasteiger partial charge on any atom is 0.238 e. The molecule has 1 aromatic carbocycles. The summed E-state index contributed by atoms with van der Waals surface area (Å²) >= 11 is 0. The SMILES string of the molecule is CCCN(CCC)CC(=O)Nc1ccc(O)cc1. The van der Waals surface area contributed by atoms with Crippen LogP contribution in [0.4, 0.5) is 5.69 Å². The Kier molecular flexibility index (Phi) is 6.22. The van der Waals surface area contributed by atoms with E-state index in [4.69, 9.17) is 5.11 Å². The van der Waals surface area contributed by atoms with Crippen LogP contribution in [0.5, 0.6) is 5.75 Å². The van der Waals surface area contributed by atoms with Crippen molar-refractivity contribution >= 4 is 11.6 Å². The van der Waals surface area contributed by atoms with Crippen molar-refractivity contribution in [3.05, 3.63) is 24.3 Å². The molecule has 0 fully saturated rings. The van der Waals surface area contributed by atoms with Crippen LogP contribution in [0.15, 0.2) is 24.3 Å². The quantitative estimate of drug-likeness (QED) is 0.731. The fourth-order valence-electron chi connectivity index (χ4n) is 1.85. The van der Waals surface area contributed by atoms with Crippen molar-refractivity contribution in [3.8, 4) is 5.75 Å². The second-order valence-electron chi connectivity index (χ2n) is 4.37. The minimum Gasteiger partial charge on any atom is -0.508 e. The molecule has 0 atom stereocenters. The fraction of sp³-hybridized carbons (Fsp3) is 0.500. The minimum atomic E-state index is -0.0115. The predicted octanol–water partition coefficient (Wildman–Crippen LogP) is 2.45. The van der Waals surface area contributed by atoms with Crippen molar-refractivity contribution in [3.63, 3.8) is 0 Å². The number of rotatable bonds is 7. The third-order valence-electron chi connectivity index (χ3n) is 2.60. The van der Waals surface area contributed by atoms with Crippen LogP contribution in [0, 0.1) is 0 Å². The Bertz CT molecular complexity index is 357. The molecule has 4 heteroatoms. The van der Waals surface area contributed by atoms with Gasteiger partial charge in [0.1, 0.15) is 5.75 Å². The number of nitrogens with zero attached hydrogens (tertiary/aromatic N) is 1. The first-order valence-corrected chi connectivity index (χ1v) is 6.47. The minimum absolute atomic E-state index is 0.0115. The first-order valence-electron chi connectivity index (χ1n) is 6.47. The van der Waals surface area contributed by atoms with Gasteiger partial charge in [-0.1, -0.05) is 13.8 Å². The molecular weight excluding hydrogens is 228 g/mol. The molecule has 4 nitrogen and oxygen atoms in total. The smallest absolute Gasteiger partial charge is 0.238 e. The number of anilines is 1. The highest BCUT2D eigenvalue weighted by Crippen LogP contribution is 2.13. The number of phenolic OH excluding ortho intramolecular Hbond substituents is 1. The number of phenols is 1. The topological polar surface area (TPSA) is 52.6 Å². The van der Waals surface area contributed by atoms with Gasteiger partial charge in [-0.3, -0.25) is 9.69 Å². The van der Waals surface area contributed by atoms with Gasteiger partial charge in [0, 0.05) is 5.69 Å². The molecule has 0 heterocycles. The normalized spacial score (nSPS) is 10.6. The molecule has 2 N–H and O–H groups in total. The van der Waals surface area contributed by atoms with E-state index >= 15 is 0 Å². The first kappa shape index (κ1) is 14.5. The molecule has 0 aliphatic rings. The van der Waals surface area contributed by atoms with Crippen molar-refractivity contribution in [2.75, 3.05) is 25.0 Å². The summed E-state index contributed by atoms with van der Waals surface area (Å²) in [6, 6.07) is 6.51. The molecule has 18 heavy (non-hydrogen) atoms. The Hall–Kier alpha value is -1.55. The lowest BCUT2D eigenvalue weighted by Crippen LogP contribution is -2.34. The van der Waals surface area contributed by atoms with Crippen molar-refractivity contribution in [1.29, 1.82) is 0 Å². The molecule has 0 radical (unpaired) electrons. The van der Waals surface area contributed by atoms with E-state index in [2.05, 4.69) is 24.1 Å². The van der Waals surface area contributed by atoms with Gasteiger partial charge in [0.05, 0.1) is 6.54 Å². The van der Waals surface area contributed by atoms with Crippen LogP contribution < -0.4 is 5.32 Å². The highest BCUT2D eigenvalue weighted by Gasteiger charge is 2.09. The molecule has 0 aliphatic heterocycles. The molecule has 0 saturated heterocycles. The van der Waals surface area contributed by atoms with Crippen molar-refractivity contribution in [2.24, 2.45) is 0 Å². The number of carbonyl (C=O) groups is 1. The summed E-state index contributed by atoms with van der Waals surface area (Å²) in [6.45, 7) is 6.53. The Morgan fingerprint density at radius 2 is 1.72 bits per heavy atom. The zero-order valence-electron chi connectivity index (χ0n) is 11.1. The van der Waals surface area contributed by atoms with Crippen LogP contribution >= 0.6 is 0 Å². The highest BCUT2D eigenvalue weighted by atomic mass is 16.3. The second-order valence-corrected chi connectivity index (χ2v) is 4.37. The van der Waals surface area contributed by atoms with Gasteiger partial charge in [-0.05, 0) is 50.2 Å². The van der Waals surface area contributed by atoms with Gasteiger partial charge < -0.3 is 10.4 Å². The molecule has 1 amide bonds. The van der Waals surface area contributed by atoms with Crippen LogP contribution in [0.2, 0.25) is 0 Å². The van der Waals surface area contributed by atoms with Crippen LogP contribution in [0.25, 0.3) is 0 Å². The number of nitrogens with one attached hydrogen (secondary N) is 1. The van der Waals surface area contributed by atoms with E-state index in [-0.39, 0.29) is 11.7 Å². The summed E-state index contributed by atoms with van der Waals surface area (Å²) in [4.78, 5) is 14.0. The van der Waals surface area contributed by atoms with E-state index in [1.54, 1.807) is 24.3 Å². The van der Waals surface area contributed by atoms with E-state index in [1.807, 2.05) is 0 Å². The average Bonchev–Trinajstić information content (AvgIpc) is 2.33. The second kappa shape index (κ2) is 7.71. The number of hydrogen-bond acceptors (Lipinski definition) is 3. The van der Waals surface area contributed by atoms with E-state index in [1.165, 1.54) is 0 Å². The third kappa shape index (κ3) is 5.19. The van der Waals surface area contributed by atoms with Gasteiger partial charge in [-0.2, -0.15) is 0 Å². The number of benzene rings is 1. The van der Waals surface area contributed by atoms with Crippen molar-refractivity contribution in [1.82, 2.24) is 4.90 Å². The van der Waals surface area contributed by atoms with Crippen LogP contribution in [-0.2, 0) is 4.79 Å². The molecule has 0 aliphatic carbocycles. The predicted molar refractivity (Wildman–Crippen MR) is 73.8 cm³/mol. The molecule has 1 aromatic rings. The lowest BCUT2D eigenvalue weighted by Gasteiger charge is -2.20. The standard InChI is InChI=1S/C14H22N2O2/c1-3-9-16(10-4-2)11-14(18)15-12-5-7-13(17)8-6-12/h5-8,17H,3-4,9-11H2,1-2H3,(H,15,18). The van der Waals surface area contributed by atoms with Gasteiger partial charge in [-0.25, -0.2) is 0 Å². The molecular formula is C14H22N2O2. The van der Waals surface area contributed by atoms with E-state index < -0.39 is 0 Å². The van der Waals surface area contributed by atoms with E-state index in [9.17, 15) is 4.79 Å². The summed E-state index contributed by atoms with van der Waals surface area (Å²) in [5.41, 5.74) is 0.714. The van der Waals surface area contributed by atoms with Gasteiger partial charge in [0.2, 0.25) is 5.91 Å². The molecule has 0 spiro atoms. The van der Waals surface area contributed by atoms with Gasteiger partial charge in [0.25, 0.3) is 0 Å². The summed E-state index contributed by atoms with van der Waals surface area (Å²) in [5.74, 6) is 0.189. The Labute approximate surface area is 109 Å². The zero-order chi connectivity index (χ0) is 13.4. The van der Waals surface area contributed by atoms with Gasteiger partial charge >= 0.3 is 0 Å². The first-order chi connectivity index (χ1) is 8.65. The lowest BCUT2D eigenvalue weighted by atomic mass is 10.3. The summed E-state index contributed by atoms with van der Waals surface area (Å²) in [5, 5.41) is 12.0. The van der Waals surface area contributed by atoms with Crippen molar-refractivity contribution < 1.29 is 9.90 Å². The van der Waals surface area contributed by atoms with Crippen LogP contribution in [0.3, 0.4) is 0 Å². The Balaban J connectivity index is 2.46. The maximum absolute atomic E-state index is 11.8. The fourth-order valence-corrected chi connectivity index (χ4v) is 1.85. The van der Waals surface area contributed by atoms with Gasteiger partial charge in [-0.15, -0.1) is 0 Å². The molecule has 0 aromatic heterocycles. The number of aromatic hydroxyl groups is 1. The summed E-state index contributed by atoms with van der Waals surface area (Å²) in [6.07, 6.45) is 2.10. The molecule has 0 saturated carbocycles.